The van der Waals surface area contributed by atoms with Crippen LogP contribution in [0.1, 0.15) is 97.3 Å². The van der Waals surface area contributed by atoms with E-state index in [2.05, 4.69) is 23.6 Å². The molecule has 0 aromatic heterocycles. The van der Waals surface area contributed by atoms with Gasteiger partial charge in [-0.25, -0.2) is 19.4 Å². The summed E-state index contributed by atoms with van der Waals surface area (Å²) in [5.74, 6) is -0.891. The summed E-state index contributed by atoms with van der Waals surface area (Å²) < 4.78 is 0. The Morgan fingerprint density at radius 1 is 0.571 bits per heavy atom. The van der Waals surface area contributed by atoms with Crippen molar-refractivity contribution in [1.29, 1.82) is 0 Å². The Hall–Kier alpha value is -1.06. The summed E-state index contributed by atoms with van der Waals surface area (Å²) in [5, 5.41) is 0. The minimum Gasteiger partial charge on any atom is -0.247 e. The van der Waals surface area contributed by atoms with Crippen molar-refractivity contribution in [3.63, 3.8) is 0 Å². The normalized spacial score (nSPS) is 10.4. The van der Waals surface area contributed by atoms with Crippen LogP contribution in [-0.2, 0) is 19.4 Å². The SMILES string of the molecule is CCCCCCCCCCC(=O)OOC(=O)CCCCC. The highest BCUT2D eigenvalue weighted by atomic mass is 17.2. The van der Waals surface area contributed by atoms with E-state index in [4.69, 9.17) is 0 Å². The van der Waals surface area contributed by atoms with E-state index in [0.717, 1.165) is 38.5 Å². The van der Waals surface area contributed by atoms with E-state index in [1.165, 1.54) is 32.1 Å². The van der Waals surface area contributed by atoms with Gasteiger partial charge < -0.3 is 0 Å². The third kappa shape index (κ3) is 15.2. The zero-order valence-corrected chi connectivity index (χ0v) is 13.8. The molecule has 0 atom stereocenters. The van der Waals surface area contributed by atoms with E-state index < -0.39 is 11.9 Å². The van der Waals surface area contributed by atoms with Crippen LogP contribution >= 0.6 is 0 Å². The van der Waals surface area contributed by atoms with Crippen LogP contribution in [0, 0.1) is 0 Å². The smallest absolute Gasteiger partial charge is 0.247 e. The van der Waals surface area contributed by atoms with E-state index in [0.29, 0.717) is 12.8 Å². The second-order valence-electron chi connectivity index (χ2n) is 5.59. The molecule has 4 nitrogen and oxygen atoms in total. The lowest BCUT2D eigenvalue weighted by Crippen LogP contribution is -2.10. The third-order valence-corrected chi connectivity index (χ3v) is 3.45. The highest BCUT2D eigenvalue weighted by Crippen LogP contribution is 2.10. The largest absolute Gasteiger partial charge is 0.355 e. The Kier molecular flexibility index (Phi) is 14.6. The Labute approximate surface area is 129 Å². The van der Waals surface area contributed by atoms with Gasteiger partial charge in [-0.3, -0.25) is 0 Å². The van der Waals surface area contributed by atoms with Crippen LogP contribution in [0.3, 0.4) is 0 Å². The molecule has 0 fully saturated rings. The van der Waals surface area contributed by atoms with Crippen molar-refractivity contribution in [2.24, 2.45) is 0 Å². The molecule has 0 aliphatic heterocycles. The van der Waals surface area contributed by atoms with Gasteiger partial charge in [0.1, 0.15) is 0 Å². The number of hydrogen-bond acceptors (Lipinski definition) is 4. The maximum Gasteiger partial charge on any atom is 0.355 e. The number of hydrogen-bond donors (Lipinski definition) is 0. The quantitative estimate of drug-likeness (QED) is 0.270. The number of carbonyl (C=O) groups is 2. The van der Waals surface area contributed by atoms with Crippen LogP contribution in [0.15, 0.2) is 0 Å². The predicted molar refractivity (Wildman–Crippen MR) is 83.6 cm³/mol. The van der Waals surface area contributed by atoms with Gasteiger partial charge in [-0.05, 0) is 12.8 Å². The second kappa shape index (κ2) is 15.3. The molecule has 0 saturated heterocycles. The van der Waals surface area contributed by atoms with Crippen molar-refractivity contribution < 1.29 is 19.4 Å². The van der Waals surface area contributed by atoms with Crippen molar-refractivity contribution in [1.82, 2.24) is 0 Å². The molecule has 0 aromatic carbocycles. The molecule has 124 valence electrons. The van der Waals surface area contributed by atoms with Crippen molar-refractivity contribution in [2.45, 2.75) is 97.3 Å². The van der Waals surface area contributed by atoms with Crippen molar-refractivity contribution in [2.75, 3.05) is 0 Å². The lowest BCUT2D eigenvalue weighted by Gasteiger charge is -2.03. The van der Waals surface area contributed by atoms with Gasteiger partial charge in [0.15, 0.2) is 0 Å². The predicted octanol–water partition coefficient (Wildman–Crippen LogP) is 5.10. The Bertz CT molecular complexity index is 264. The van der Waals surface area contributed by atoms with E-state index in [-0.39, 0.29) is 0 Å². The molecule has 0 rings (SSSR count). The average Bonchev–Trinajstić information content (AvgIpc) is 2.48. The number of unbranched alkanes of at least 4 members (excludes halogenated alkanes) is 9. The summed E-state index contributed by atoms with van der Waals surface area (Å²) in [6, 6.07) is 0. The summed E-state index contributed by atoms with van der Waals surface area (Å²) in [7, 11) is 0. The maximum atomic E-state index is 11.4. The molecule has 0 heterocycles. The topological polar surface area (TPSA) is 52.6 Å². The Morgan fingerprint density at radius 3 is 1.38 bits per heavy atom. The van der Waals surface area contributed by atoms with Crippen LogP contribution in [-0.4, -0.2) is 11.9 Å². The molecule has 0 radical (unpaired) electrons. The van der Waals surface area contributed by atoms with Crippen LogP contribution in [0.5, 0.6) is 0 Å². The number of carbonyl (C=O) groups excluding carboxylic acids is 2. The van der Waals surface area contributed by atoms with Crippen molar-refractivity contribution in [3.05, 3.63) is 0 Å². The van der Waals surface area contributed by atoms with Gasteiger partial charge in [-0.15, -0.1) is 0 Å². The minimum atomic E-state index is -0.451. The Balaban J connectivity index is 3.32. The first kappa shape index (κ1) is 19.9. The lowest BCUT2D eigenvalue weighted by molar-refractivity contribution is -0.259. The van der Waals surface area contributed by atoms with E-state index in [9.17, 15) is 9.59 Å². The summed E-state index contributed by atoms with van der Waals surface area (Å²) >= 11 is 0. The van der Waals surface area contributed by atoms with Gasteiger partial charge in [0.05, 0.1) is 12.8 Å². The molecule has 0 amide bonds. The molecule has 0 aliphatic rings. The molecule has 0 aromatic rings. The summed E-state index contributed by atoms with van der Waals surface area (Å²) in [6.07, 6.45) is 12.9. The van der Waals surface area contributed by atoms with Crippen molar-refractivity contribution in [3.8, 4) is 0 Å². The zero-order valence-electron chi connectivity index (χ0n) is 13.8. The number of rotatable bonds is 13. The first-order chi connectivity index (χ1) is 10.2. The molecule has 0 bridgehead atoms. The van der Waals surface area contributed by atoms with Gasteiger partial charge in [-0.1, -0.05) is 71.6 Å². The highest BCUT2D eigenvalue weighted by Gasteiger charge is 2.09. The van der Waals surface area contributed by atoms with Gasteiger partial charge in [0.2, 0.25) is 0 Å². The fraction of sp³-hybridized carbons (Fsp3) is 0.882. The van der Waals surface area contributed by atoms with Crippen LogP contribution < -0.4 is 0 Å². The summed E-state index contributed by atoms with van der Waals surface area (Å²) in [4.78, 5) is 31.6. The standard InChI is InChI=1S/C17H32O4/c1-3-5-7-8-9-10-11-13-15-17(19)21-20-16(18)14-12-6-4-2/h3-15H2,1-2H3. The fourth-order valence-electron chi connectivity index (χ4n) is 2.10. The Morgan fingerprint density at radius 2 is 0.905 bits per heavy atom. The van der Waals surface area contributed by atoms with Gasteiger partial charge in [0.25, 0.3) is 0 Å². The van der Waals surface area contributed by atoms with Gasteiger partial charge in [-0.2, -0.15) is 0 Å². The molecular weight excluding hydrogens is 268 g/mol. The maximum absolute atomic E-state index is 11.4. The first-order valence-corrected chi connectivity index (χ1v) is 8.60. The first-order valence-electron chi connectivity index (χ1n) is 8.60. The van der Waals surface area contributed by atoms with E-state index in [1.807, 2.05) is 0 Å². The molecular formula is C17H32O4. The molecule has 0 unspecified atom stereocenters. The molecule has 4 heteroatoms. The van der Waals surface area contributed by atoms with Crippen LogP contribution in [0.2, 0.25) is 0 Å². The van der Waals surface area contributed by atoms with Gasteiger partial charge >= 0.3 is 11.9 Å². The van der Waals surface area contributed by atoms with Crippen LogP contribution in [0.25, 0.3) is 0 Å². The molecule has 0 N–H and O–H groups in total. The lowest BCUT2D eigenvalue weighted by atomic mass is 10.1. The van der Waals surface area contributed by atoms with Gasteiger partial charge in [0, 0.05) is 0 Å². The monoisotopic (exact) mass is 300 g/mol. The van der Waals surface area contributed by atoms with Crippen LogP contribution in [0.4, 0.5) is 0 Å². The molecule has 21 heavy (non-hydrogen) atoms. The van der Waals surface area contributed by atoms with E-state index >= 15 is 0 Å². The minimum absolute atomic E-state index is 0.318. The summed E-state index contributed by atoms with van der Waals surface area (Å²) in [5.41, 5.74) is 0. The van der Waals surface area contributed by atoms with Crippen molar-refractivity contribution >= 4 is 11.9 Å². The zero-order chi connectivity index (χ0) is 15.8. The van der Waals surface area contributed by atoms with E-state index in [1.54, 1.807) is 0 Å². The summed E-state index contributed by atoms with van der Waals surface area (Å²) in [6.45, 7) is 4.28. The highest BCUT2D eigenvalue weighted by molar-refractivity contribution is 5.72. The second-order valence-corrected chi connectivity index (χ2v) is 5.59. The average molecular weight is 300 g/mol. The third-order valence-electron chi connectivity index (χ3n) is 3.45. The fourth-order valence-corrected chi connectivity index (χ4v) is 2.10. The molecule has 0 aliphatic carbocycles. The molecule has 0 saturated carbocycles. The molecule has 0 spiro atoms.